The van der Waals surface area contributed by atoms with Crippen molar-refractivity contribution in [2.24, 2.45) is 0 Å². The average Bonchev–Trinajstić information content (AvgIpc) is 1.59. The molecular weight excluding hydrogens is 225 g/mol. The van der Waals surface area contributed by atoms with Crippen LogP contribution in [0.15, 0.2) is 0 Å². The predicted octanol–water partition coefficient (Wildman–Crippen LogP) is -2.20. The van der Waals surface area contributed by atoms with E-state index in [1.807, 2.05) is 0 Å². The summed E-state index contributed by atoms with van der Waals surface area (Å²) in [5, 5.41) is 0. The predicted molar refractivity (Wildman–Crippen MR) is 36.4 cm³/mol. The van der Waals surface area contributed by atoms with Crippen molar-refractivity contribution in [1.82, 2.24) is 4.90 Å². The summed E-state index contributed by atoms with van der Waals surface area (Å²) >= 11 is 0.520. The first-order valence-electron chi connectivity index (χ1n) is 3.49. The summed E-state index contributed by atoms with van der Waals surface area (Å²) in [6.45, 7) is 7.47. The first kappa shape index (κ1) is 7.79. The van der Waals surface area contributed by atoms with Gasteiger partial charge >= 0.3 is 67.9 Å². The Morgan fingerprint density at radius 3 is 2.00 bits per heavy atom. The van der Waals surface area contributed by atoms with Gasteiger partial charge in [0.15, 0.2) is 0 Å². The molecule has 56 valence electrons. The molecule has 2 heteroatoms. The van der Waals surface area contributed by atoms with Crippen LogP contribution in [0.25, 0.3) is 0 Å². The quantitative estimate of drug-likeness (QED) is 0.343. The van der Waals surface area contributed by atoms with Crippen molar-refractivity contribution in [2.45, 2.75) is 21.7 Å². The molecule has 0 bridgehead atoms. The van der Waals surface area contributed by atoms with Crippen LogP contribution in [-0.4, -0.2) is 32.9 Å². The van der Waals surface area contributed by atoms with Gasteiger partial charge in [0.2, 0.25) is 0 Å². The summed E-state index contributed by atoms with van der Waals surface area (Å²) in [5.41, 5.74) is 0. The second kappa shape index (κ2) is 3.19. The zero-order valence-corrected chi connectivity index (χ0v) is 8.55. The summed E-state index contributed by atoms with van der Waals surface area (Å²) in [4.78, 5) is 2.46. The Morgan fingerprint density at radius 2 is 1.67 bits per heavy atom. The fraction of sp³-hybridized carbons (Fsp3) is 1.00. The monoisotopic (exact) mass is 240 g/mol. The van der Waals surface area contributed by atoms with Gasteiger partial charge in [-0.1, -0.05) is 0 Å². The Morgan fingerprint density at radius 1 is 1.22 bits per heavy atom. The molecule has 1 fully saturated rings. The van der Waals surface area contributed by atoms with Gasteiger partial charge in [0.1, 0.15) is 0 Å². The molecule has 1 aliphatic heterocycles. The van der Waals surface area contributed by atoms with Crippen LogP contribution in [0.3, 0.4) is 0 Å². The molecule has 1 aliphatic rings. The van der Waals surface area contributed by atoms with Gasteiger partial charge < -0.3 is 0 Å². The van der Waals surface area contributed by atoms with Crippen LogP contribution in [0.4, 0.5) is 0 Å². The van der Waals surface area contributed by atoms with Gasteiger partial charge in [-0.25, -0.2) is 0 Å². The van der Waals surface area contributed by atoms with Crippen LogP contribution < -0.4 is 21.2 Å². The fourth-order valence-corrected chi connectivity index (χ4v) is 5.28. The maximum atomic E-state index is 2.46. The second-order valence-corrected chi connectivity index (χ2v) is 7.88. The van der Waals surface area contributed by atoms with Crippen LogP contribution in [0, 0.1) is 0 Å². The van der Waals surface area contributed by atoms with Gasteiger partial charge in [0.05, 0.1) is 0 Å². The van der Waals surface area contributed by atoms with Crippen LogP contribution in [0.1, 0.15) is 13.8 Å². The standard InChI is InChI=1S/C7H15IN/c1-6-4-9(3)5-7(2)8-6/h6-7H,4-5H2,1-3H3/q-1/t6-,7+. The summed E-state index contributed by atoms with van der Waals surface area (Å²) in [6.07, 6.45) is 0. The molecule has 0 saturated carbocycles. The van der Waals surface area contributed by atoms with E-state index in [2.05, 4.69) is 25.8 Å². The topological polar surface area (TPSA) is 3.24 Å². The fourth-order valence-electron chi connectivity index (χ4n) is 1.38. The summed E-state index contributed by atoms with van der Waals surface area (Å²) < 4.78 is 2.05. The molecule has 0 aromatic heterocycles. The van der Waals surface area contributed by atoms with Gasteiger partial charge in [-0.15, -0.1) is 0 Å². The van der Waals surface area contributed by atoms with Gasteiger partial charge in [0.25, 0.3) is 0 Å². The van der Waals surface area contributed by atoms with E-state index in [9.17, 15) is 0 Å². The third kappa shape index (κ3) is 2.42. The molecule has 0 spiro atoms. The molecule has 9 heavy (non-hydrogen) atoms. The van der Waals surface area contributed by atoms with Crippen molar-refractivity contribution < 1.29 is 21.2 Å². The van der Waals surface area contributed by atoms with Crippen LogP contribution in [0.2, 0.25) is 0 Å². The van der Waals surface area contributed by atoms with Crippen molar-refractivity contribution in [1.29, 1.82) is 0 Å². The van der Waals surface area contributed by atoms with Crippen molar-refractivity contribution in [3.8, 4) is 0 Å². The number of nitrogens with zero attached hydrogens (tertiary/aromatic N) is 1. The molecule has 0 N–H and O–H groups in total. The third-order valence-corrected chi connectivity index (χ3v) is 4.80. The first-order valence-corrected chi connectivity index (χ1v) is 5.98. The van der Waals surface area contributed by atoms with E-state index in [1.165, 1.54) is 13.1 Å². The van der Waals surface area contributed by atoms with Gasteiger partial charge in [0, 0.05) is 0 Å². The number of alkyl halides is 2. The van der Waals surface area contributed by atoms with E-state index in [0.29, 0.717) is 21.2 Å². The van der Waals surface area contributed by atoms with Crippen molar-refractivity contribution >= 4 is 0 Å². The molecular formula is C7H15IN-. The Labute approximate surface area is 68.1 Å². The van der Waals surface area contributed by atoms with Crippen LogP contribution in [0.5, 0.6) is 0 Å². The van der Waals surface area contributed by atoms with E-state index in [1.54, 1.807) is 0 Å². The molecule has 1 nitrogen and oxygen atoms in total. The van der Waals surface area contributed by atoms with Gasteiger partial charge in [-0.05, 0) is 0 Å². The number of rotatable bonds is 0. The Kier molecular flexibility index (Phi) is 2.76. The van der Waals surface area contributed by atoms with E-state index >= 15 is 0 Å². The zero-order valence-electron chi connectivity index (χ0n) is 6.39. The normalized spacial score (nSPS) is 39.9. The van der Waals surface area contributed by atoms with Crippen molar-refractivity contribution in [3.63, 3.8) is 0 Å². The molecule has 0 aromatic carbocycles. The minimum absolute atomic E-state index is 0.520. The van der Waals surface area contributed by atoms with E-state index in [-0.39, 0.29) is 0 Å². The average molecular weight is 240 g/mol. The summed E-state index contributed by atoms with van der Waals surface area (Å²) in [5.74, 6) is 0. The molecule has 1 saturated heterocycles. The number of hydrogen-bond donors (Lipinski definition) is 0. The number of hydrogen-bond acceptors (Lipinski definition) is 1. The SMILES string of the molecule is C[C@@H]1CN(C)C[C@H](C)[I-]1. The number of halogens is 1. The molecule has 0 radical (unpaired) electrons. The van der Waals surface area contributed by atoms with E-state index in [0.717, 1.165) is 7.85 Å². The first-order chi connectivity index (χ1) is 4.18. The van der Waals surface area contributed by atoms with Gasteiger partial charge in [-0.3, -0.25) is 0 Å². The molecule has 0 unspecified atom stereocenters. The molecule has 0 amide bonds. The Bertz CT molecular complexity index is 69.9. The Balaban J connectivity index is 2.34. The zero-order chi connectivity index (χ0) is 6.85. The van der Waals surface area contributed by atoms with E-state index < -0.39 is 0 Å². The molecule has 1 heterocycles. The second-order valence-electron chi connectivity index (χ2n) is 2.91. The maximum absolute atomic E-state index is 2.46. The molecule has 1 rings (SSSR count). The molecule has 2 atom stereocenters. The van der Waals surface area contributed by atoms with Crippen LogP contribution >= 0.6 is 0 Å². The molecule has 0 aliphatic carbocycles. The minimum atomic E-state index is 0.520. The summed E-state index contributed by atoms with van der Waals surface area (Å²) in [7, 11) is 2.23. The third-order valence-electron chi connectivity index (χ3n) is 1.56. The van der Waals surface area contributed by atoms with Crippen molar-refractivity contribution in [2.75, 3.05) is 20.1 Å². The van der Waals surface area contributed by atoms with Crippen molar-refractivity contribution in [3.05, 3.63) is 0 Å². The van der Waals surface area contributed by atoms with Crippen LogP contribution in [-0.2, 0) is 0 Å². The van der Waals surface area contributed by atoms with Gasteiger partial charge in [-0.2, -0.15) is 0 Å². The van der Waals surface area contributed by atoms with E-state index in [4.69, 9.17) is 0 Å². The molecule has 0 aromatic rings. The Hall–Kier alpha value is 0.690. The summed E-state index contributed by atoms with van der Waals surface area (Å²) in [6, 6.07) is 0.